The first-order valence-electron chi connectivity index (χ1n) is 8.83. The van der Waals surface area contributed by atoms with Gasteiger partial charge in [0.25, 0.3) is 0 Å². The molecule has 1 heterocycles. The number of carbonyl (C=O) groups is 1. The number of rotatable bonds is 3. The summed E-state index contributed by atoms with van der Waals surface area (Å²) in [6, 6.07) is 11.4. The van der Waals surface area contributed by atoms with Crippen molar-refractivity contribution in [2.75, 3.05) is 18.0 Å². The van der Waals surface area contributed by atoms with Gasteiger partial charge in [0.05, 0.1) is 5.57 Å². The highest BCUT2D eigenvalue weighted by Gasteiger charge is 2.38. The minimum Gasteiger partial charge on any atom is -0.372 e. The number of nitriles is 1. The number of piperidine rings is 1. The van der Waals surface area contributed by atoms with Gasteiger partial charge in [-0.25, -0.2) is 0 Å². The molecule has 0 radical (unpaired) electrons. The molecule has 1 aliphatic rings. The Morgan fingerprint density at radius 3 is 2.26 bits per heavy atom. The van der Waals surface area contributed by atoms with Crippen LogP contribution in [0.25, 0.3) is 16.3 Å². The lowest BCUT2D eigenvalue weighted by Gasteiger charge is -2.29. The van der Waals surface area contributed by atoms with Gasteiger partial charge in [-0.05, 0) is 60.7 Å². The van der Waals surface area contributed by atoms with E-state index < -0.39 is 23.1 Å². The second-order valence-electron chi connectivity index (χ2n) is 6.71. The number of carbonyl (C=O) groups excluding carboxylic acids is 1. The molecule has 1 fully saturated rings. The summed E-state index contributed by atoms with van der Waals surface area (Å²) in [5, 5.41) is 10.5. The quantitative estimate of drug-likeness (QED) is 0.545. The summed E-state index contributed by atoms with van der Waals surface area (Å²) in [6.07, 6.45) is -1.30. The molecule has 3 nitrogen and oxygen atoms in total. The number of anilines is 1. The van der Waals surface area contributed by atoms with E-state index in [1.54, 1.807) is 12.1 Å². The number of nitrogens with zero attached hydrogens (tertiary/aromatic N) is 2. The summed E-state index contributed by atoms with van der Waals surface area (Å²) in [5.74, 6) is -0.898. The van der Waals surface area contributed by atoms with Gasteiger partial charge in [-0.15, -0.1) is 0 Å². The molecule has 0 unspecified atom stereocenters. The second-order valence-corrected chi connectivity index (χ2v) is 6.71. The van der Waals surface area contributed by atoms with E-state index in [0.29, 0.717) is 5.39 Å². The number of halogens is 3. The molecule has 0 amide bonds. The standard InChI is InChI=1S/C21H19F3N2O/c1-14(27)19(13-25)20(21(22,23)24)17-6-5-16-12-18(8-7-15(16)11-17)26-9-3-2-4-10-26/h5-8,11-12H,2-4,9-10H2,1H3/b20-19-. The Kier molecular flexibility index (Phi) is 5.22. The molecule has 0 aliphatic carbocycles. The predicted molar refractivity (Wildman–Crippen MR) is 99.3 cm³/mol. The number of Topliss-reactive ketones (excluding diaryl/α,β-unsaturated/α-hetero) is 1. The van der Waals surface area contributed by atoms with Crippen LogP contribution in [0.5, 0.6) is 0 Å². The van der Waals surface area contributed by atoms with Crippen LogP contribution in [0, 0.1) is 11.3 Å². The number of fused-ring (bicyclic) bond motifs is 1. The van der Waals surface area contributed by atoms with E-state index in [1.165, 1.54) is 24.6 Å². The van der Waals surface area contributed by atoms with Gasteiger partial charge in [0.1, 0.15) is 11.6 Å². The van der Waals surface area contributed by atoms with Crippen LogP contribution < -0.4 is 4.90 Å². The molecular formula is C21H19F3N2O. The van der Waals surface area contributed by atoms with Crippen molar-refractivity contribution in [2.45, 2.75) is 32.4 Å². The Morgan fingerprint density at radius 2 is 1.67 bits per heavy atom. The Labute approximate surface area is 155 Å². The maximum absolute atomic E-state index is 13.5. The molecule has 2 aromatic rings. The summed E-state index contributed by atoms with van der Waals surface area (Å²) < 4.78 is 40.6. The number of hydrogen-bond acceptors (Lipinski definition) is 3. The SMILES string of the molecule is CC(=O)/C(C#N)=C(/c1ccc2cc(N3CCCCC3)ccc2c1)C(F)(F)F. The van der Waals surface area contributed by atoms with Gasteiger partial charge < -0.3 is 4.90 Å². The third-order valence-electron chi connectivity index (χ3n) is 4.83. The lowest BCUT2D eigenvalue weighted by Crippen LogP contribution is -2.29. The minimum absolute atomic E-state index is 0.174. The summed E-state index contributed by atoms with van der Waals surface area (Å²) in [4.78, 5) is 13.8. The Hall–Kier alpha value is -2.81. The van der Waals surface area contributed by atoms with E-state index >= 15 is 0 Å². The smallest absolute Gasteiger partial charge is 0.372 e. The molecule has 27 heavy (non-hydrogen) atoms. The second kappa shape index (κ2) is 7.43. The summed E-state index contributed by atoms with van der Waals surface area (Å²) in [7, 11) is 0. The Morgan fingerprint density at radius 1 is 1.04 bits per heavy atom. The molecule has 0 bridgehead atoms. The van der Waals surface area contributed by atoms with Crippen molar-refractivity contribution in [1.29, 1.82) is 5.26 Å². The van der Waals surface area contributed by atoms with E-state index in [4.69, 9.17) is 5.26 Å². The lowest BCUT2D eigenvalue weighted by atomic mass is 9.95. The summed E-state index contributed by atoms with van der Waals surface area (Å²) >= 11 is 0. The van der Waals surface area contributed by atoms with Crippen LogP contribution in [-0.2, 0) is 4.79 Å². The monoisotopic (exact) mass is 372 g/mol. The van der Waals surface area contributed by atoms with Gasteiger partial charge in [0.2, 0.25) is 0 Å². The fourth-order valence-electron chi connectivity index (χ4n) is 3.50. The van der Waals surface area contributed by atoms with E-state index in [-0.39, 0.29) is 5.56 Å². The van der Waals surface area contributed by atoms with Gasteiger partial charge in [-0.3, -0.25) is 4.79 Å². The molecule has 1 aliphatic heterocycles. The van der Waals surface area contributed by atoms with E-state index in [9.17, 15) is 18.0 Å². The molecule has 1 saturated heterocycles. The van der Waals surface area contributed by atoms with E-state index in [0.717, 1.165) is 43.9 Å². The molecule has 0 aromatic heterocycles. The zero-order valence-electron chi connectivity index (χ0n) is 14.9. The van der Waals surface area contributed by atoms with Crippen molar-refractivity contribution in [3.05, 3.63) is 47.5 Å². The Balaban J connectivity index is 2.08. The molecule has 3 rings (SSSR count). The van der Waals surface area contributed by atoms with Crippen molar-refractivity contribution in [2.24, 2.45) is 0 Å². The normalized spacial score (nSPS) is 16.0. The van der Waals surface area contributed by atoms with Crippen molar-refractivity contribution in [1.82, 2.24) is 0 Å². The number of ketones is 1. The topological polar surface area (TPSA) is 44.1 Å². The Bertz CT molecular complexity index is 948. The fourth-order valence-corrected chi connectivity index (χ4v) is 3.50. The van der Waals surface area contributed by atoms with Gasteiger partial charge in [-0.2, -0.15) is 18.4 Å². The molecule has 2 aromatic carbocycles. The van der Waals surface area contributed by atoms with E-state index in [1.807, 2.05) is 12.1 Å². The maximum atomic E-state index is 13.5. The third kappa shape index (κ3) is 3.97. The first kappa shape index (κ1) is 19.0. The molecule has 0 spiro atoms. The van der Waals surface area contributed by atoms with E-state index in [2.05, 4.69) is 4.90 Å². The van der Waals surface area contributed by atoms with Crippen LogP contribution in [-0.4, -0.2) is 25.0 Å². The summed E-state index contributed by atoms with van der Waals surface area (Å²) in [6.45, 7) is 2.93. The van der Waals surface area contributed by atoms with Crippen LogP contribution in [0.2, 0.25) is 0 Å². The zero-order valence-corrected chi connectivity index (χ0v) is 14.9. The number of hydrogen-bond donors (Lipinski definition) is 0. The van der Waals surface area contributed by atoms with Crippen molar-refractivity contribution < 1.29 is 18.0 Å². The van der Waals surface area contributed by atoms with Crippen molar-refractivity contribution in [3.8, 4) is 6.07 Å². The molecule has 6 heteroatoms. The predicted octanol–water partition coefficient (Wildman–Crippen LogP) is 5.26. The van der Waals surface area contributed by atoms with Crippen molar-refractivity contribution >= 4 is 27.8 Å². The number of alkyl halides is 3. The average molecular weight is 372 g/mol. The van der Waals surface area contributed by atoms with Crippen LogP contribution >= 0.6 is 0 Å². The van der Waals surface area contributed by atoms with Gasteiger partial charge in [-0.1, -0.05) is 18.2 Å². The van der Waals surface area contributed by atoms with Crippen LogP contribution in [0.3, 0.4) is 0 Å². The zero-order chi connectivity index (χ0) is 19.6. The van der Waals surface area contributed by atoms with Gasteiger partial charge in [0, 0.05) is 18.8 Å². The highest BCUT2D eigenvalue weighted by Crippen LogP contribution is 2.38. The highest BCUT2D eigenvalue weighted by molar-refractivity contribution is 6.06. The lowest BCUT2D eigenvalue weighted by molar-refractivity contribution is -0.113. The number of benzene rings is 2. The largest absolute Gasteiger partial charge is 0.418 e. The molecule has 0 saturated carbocycles. The first-order valence-corrected chi connectivity index (χ1v) is 8.83. The molecule has 0 atom stereocenters. The fraction of sp³-hybridized carbons (Fsp3) is 0.333. The van der Waals surface area contributed by atoms with Gasteiger partial charge >= 0.3 is 6.18 Å². The maximum Gasteiger partial charge on any atom is 0.418 e. The van der Waals surface area contributed by atoms with Crippen LogP contribution in [0.1, 0.15) is 31.7 Å². The van der Waals surface area contributed by atoms with Crippen LogP contribution in [0.4, 0.5) is 18.9 Å². The number of allylic oxidation sites excluding steroid dienone is 2. The average Bonchev–Trinajstić information content (AvgIpc) is 2.64. The minimum atomic E-state index is -4.79. The third-order valence-corrected chi connectivity index (χ3v) is 4.83. The first-order chi connectivity index (χ1) is 12.8. The summed E-state index contributed by atoms with van der Waals surface area (Å²) in [5.41, 5.74) is -1.17. The molecule has 0 N–H and O–H groups in total. The van der Waals surface area contributed by atoms with Gasteiger partial charge in [0.15, 0.2) is 5.78 Å². The molecule has 140 valence electrons. The van der Waals surface area contributed by atoms with Crippen LogP contribution in [0.15, 0.2) is 42.0 Å². The highest BCUT2D eigenvalue weighted by atomic mass is 19.4. The van der Waals surface area contributed by atoms with Crippen molar-refractivity contribution in [3.63, 3.8) is 0 Å². The molecular weight excluding hydrogens is 353 g/mol.